The Labute approximate surface area is 116 Å². The van der Waals surface area contributed by atoms with Crippen molar-refractivity contribution in [2.75, 3.05) is 39.4 Å². The summed E-state index contributed by atoms with van der Waals surface area (Å²) >= 11 is 0. The summed E-state index contributed by atoms with van der Waals surface area (Å²) in [6, 6.07) is 0.760. The van der Waals surface area contributed by atoms with E-state index in [2.05, 4.69) is 22.5 Å². The maximum absolute atomic E-state index is 11.8. The fraction of sp³-hybridized carbons (Fsp3) is 0.929. The number of hydrogen-bond acceptors (Lipinski definition) is 4. The lowest BCUT2D eigenvalue weighted by molar-refractivity contribution is -0.121. The highest BCUT2D eigenvalue weighted by atomic mass is 16.5. The minimum absolute atomic E-state index is 0.140. The van der Waals surface area contributed by atoms with E-state index in [9.17, 15) is 4.79 Å². The highest BCUT2D eigenvalue weighted by molar-refractivity contribution is 5.78. The predicted molar refractivity (Wildman–Crippen MR) is 75.1 cm³/mol. The van der Waals surface area contributed by atoms with Gasteiger partial charge in [0.1, 0.15) is 0 Å². The van der Waals surface area contributed by atoms with Crippen LogP contribution < -0.4 is 10.6 Å². The normalized spacial score (nSPS) is 23.4. The second-order valence-electron chi connectivity index (χ2n) is 5.74. The fourth-order valence-electron chi connectivity index (χ4n) is 2.85. The molecule has 1 atom stereocenters. The van der Waals surface area contributed by atoms with Crippen LogP contribution in [0.25, 0.3) is 0 Å². The smallest absolute Gasteiger partial charge is 0.234 e. The minimum atomic E-state index is 0.140. The van der Waals surface area contributed by atoms with Crippen LogP contribution in [0.2, 0.25) is 0 Å². The van der Waals surface area contributed by atoms with E-state index in [0.717, 1.165) is 45.7 Å². The van der Waals surface area contributed by atoms with Crippen molar-refractivity contribution in [2.45, 2.75) is 44.7 Å². The van der Waals surface area contributed by atoms with Gasteiger partial charge >= 0.3 is 0 Å². The third kappa shape index (κ3) is 5.47. The lowest BCUT2D eigenvalue weighted by atomic mass is 10.2. The van der Waals surface area contributed by atoms with E-state index >= 15 is 0 Å². The Morgan fingerprint density at radius 3 is 2.68 bits per heavy atom. The summed E-state index contributed by atoms with van der Waals surface area (Å²) in [5.41, 5.74) is 0. The number of amides is 1. The Hall–Kier alpha value is -0.650. The van der Waals surface area contributed by atoms with Crippen LogP contribution in [0.5, 0.6) is 0 Å². The molecule has 2 rings (SSSR count). The van der Waals surface area contributed by atoms with Crippen LogP contribution in [0, 0.1) is 0 Å². The first-order chi connectivity index (χ1) is 9.24. The lowest BCUT2D eigenvalue weighted by Crippen LogP contribution is -2.47. The van der Waals surface area contributed by atoms with Gasteiger partial charge in [-0.15, -0.1) is 0 Å². The van der Waals surface area contributed by atoms with Crippen molar-refractivity contribution in [3.05, 3.63) is 0 Å². The second-order valence-corrected chi connectivity index (χ2v) is 5.74. The first-order valence-electron chi connectivity index (χ1n) is 7.57. The van der Waals surface area contributed by atoms with Crippen molar-refractivity contribution in [2.24, 2.45) is 0 Å². The molecule has 1 aliphatic carbocycles. The van der Waals surface area contributed by atoms with Crippen LogP contribution in [-0.4, -0.2) is 62.3 Å². The van der Waals surface area contributed by atoms with Gasteiger partial charge in [0.2, 0.25) is 5.91 Å². The van der Waals surface area contributed by atoms with Crippen LogP contribution in [-0.2, 0) is 9.53 Å². The summed E-state index contributed by atoms with van der Waals surface area (Å²) in [6.07, 6.45) is 4.81. The molecule has 2 fully saturated rings. The number of hydrogen-bond donors (Lipinski definition) is 2. The lowest BCUT2D eigenvalue weighted by Gasteiger charge is -2.29. The van der Waals surface area contributed by atoms with Crippen molar-refractivity contribution in [1.29, 1.82) is 0 Å². The van der Waals surface area contributed by atoms with Crippen LogP contribution in [0.3, 0.4) is 0 Å². The molecule has 0 aromatic rings. The monoisotopic (exact) mass is 269 g/mol. The fourth-order valence-corrected chi connectivity index (χ4v) is 2.85. The van der Waals surface area contributed by atoms with Crippen LogP contribution >= 0.6 is 0 Å². The number of carbonyl (C=O) groups excluding carboxylic acids is 1. The molecule has 5 nitrogen and oxygen atoms in total. The third-order valence-electron chi connectivity index (χ3n) is 3.97. The van der Waals surface area contributed by atoms with Gasteiger partial charge in [-0.05, 0) is 19.8 Å². The predicted octanol–water partition coefficient (Wildman–Crippen LogP) is 0.356. The van der Waals surface area contributed by atoms with E-state index < -0.39 is 0 Å². The molecule has 1 heterocycles. The van der Waals surface area contributed by atoms with E-state index in [1.807, 2.05) is 0 Å². The quantitative estimate of drug-likeness (QED) is 0.731. The molecule has 1 aliphatic heterocycles. The number of nitrogens with zero attached hydrogens (tertiary/aromatic N) is 1. The van der Waals surface area contributed by atoms with Gasteiger partial charge in [0.15, 0.2) is 0 Å². The topological polar surface area (TPSA) is 53.6 Å². The van der Waals surface area contributed by atoms with Gasteiger partial charge in [-0.3, -0.25) is 9.69 Å². The molecule has 2 aliphatic rings. The third-order valence-corrected chi connectivity index (χ3v) is 3.97. The van der Waals surface area contributed by atoms with E-state index in [1.54, 1.807) is 0 Å². The maximum atomic E-state index is 11.8. The summed E-state index contributed by atoms with van der Waals surface area (Å²) in [5.74, 6) is 0.140. The van der Waals surface area contributed by atoms with Crippen LogP contribution in [0.4, 0.5) is 0 Å². The molecule has 2 N–H and O–H groups in total. The first kappa shape index (κ1) is 14.8. The Morgan fingerprint density at radius 2 is 2.00 bits per heavy atom. The van der Waals surface area contributed by atoms with Crippen LogP contribution in [0.1, 0.15) is 32.6 Å². The van der Waals surface area contributed by atoms with Gasteiger partial charge in [0.05, 0.1) is 19.8 Å². The van der Waals surface area contributed by atoms with Gasteiger partial charge < -0.3 is 15.4 Å². The zero-order valence-corrected chi connectivity index (χ0v) is 12.0. The van der Waals surface area contributed by atoms with E-state index in [4.69, 9.17) is 4.74 Å². The molecule has 0 spiro atoms. The van der Waals surface area contributed by atoms with Gasteiger partial charge in [0, 0.05) is 31.7 Å². The molecule has 0 radical (unpaired) electrons. The average Bonchev–Trinajstić information content (AvgIpc) is 2.90. The standard InChI is InChI=1S/C14H27N3O2/c1-12(11-17-6-8-19-9-7-17)15-10-14(18)16-13-4-2-3-5-13/h12-13,15H,2-11H2,1H3,(H,16,18). The average molecular weight is 269 g/mol. The van der Waals surface area contributed by atoms with Gasteiger partial charge in [0.25, 0.3) is 0 Å². The molecule has 1 saturated carbocycles. The molecule has 110 valence electrons. The van der Waals surface area contributed by atoms with Gasteiger partial charge in [-0.2, -0.15) is 0 Å². The highest BCUT2D eigenvalue weighted by Crippen LogP contribution is 2.17. The number of morpholine rings is 1. The van der Waals surface area contributed by atoms with E-state index in [1.165, 1.54) is 12.8 Å². The zero-order valence-electron chi connectivity index (χ0n) is 12.0. The van der Waals surface area contributed by atoms with Crippen molar-refractivity contribution >= 4 is 5.91 Å². The van der Waals surface area contributed by atoms with Crippen molar-refractivity contribution < 1.29 is 9.53 Å². The molecule has 0 aromatic heterocycles. The summed E-state index contributed by atoms with van der Waals surface area (Å²) in [4.78, 5) is 14.2. The SMILES string of the molecule is CC(CN1CCOCC1)NCC(=O)NC1CCCC1. The summed E-state index contributed by atoms with van der Waals surface area (Å²) in [6.45, 7) is 7.21. The van der Waals surface area contributed by atoms with Crippen molar-refractivity contribution in [3.63, 3.8) is 0 Å². The van der Waals surface area contributed by atoms with Gasteiger partial charge in [-0.1, -0.05) is 12.8 Å². The second kappa shape index (κ2) is 7.82. The molecular formula is C14H27N3O2. The van der Waals surface area contributed by atoms with E-state index in [-0.39, 0.29) is 5.91 Å². The van der Waals surface area contributed by atoms with E-state index in [0.29, 0.717) is 18.6 Å². The number of nitrogens with one attached hydrogen (secondary N) is 2. The zero-order chi connectivity index (χ0) is 13.5. The molecule has 19 heavy (non-hydrogen) atoms. The van der Waals surface area contributed by atoms with Crippen molar-refractivity contribution in [1.82, 2.24) is 15.5 Å². The minimum Gasteiger partial charge on any atom is -0.379 e. The maximum Gasteiger partial charge on any atom is 0.234 e. The summed E-state index contributed by atoms with van der Waals surface area (Å²) in [7, 11) is 0. The Kier molecular flexibility index (Phi) is 6.07. The Bertz CT molecular complexity index is 274. The number of carbonyl (C=O) groups is 1. The highest BCUT2D eigenvalue weighted by Gasteiger charge is 2.18. The number of rotatable bonds is 6. The molecule has 0 aromatic carbocycles. The molecule has 5 heteroatoms. The number of ether oxygens (including phenoxy) is 1. The summed E-state index contributed by atoms with van der Waals surface area (Å²) in [5, 5.41) is 6.41. The molecule has 0 bridgehead atoms. The van der Waals surface area contributed by atoms with Crippen molar-refractivity contribution in [3.8, 4) is 0 Å². The molecule has 1 saturated heterocycles. The Balaban J connectivity index is 1.56. The molecular weight excluding hydrogens is 242 g/mol. The summed E-state index contributed by atoms with van der Waals surface area (Å²) < 4.78 is 5.33. The Morgan fingerprint density at radius 1 is 1.32 bits per heavy atom. The first-order valence-corrected chi connectivity index (χ1v) is 7.57. The molecule has 1 amide bonds. The van der Waals surface area contributed by atoms with Gasteiger partial charge in [-0.25, -0.2) is 0 Å². The van der Waals surface area contributed by atoms with Crippen LogP contribution in [0.15, 0.2) is 0 Å². The largest absolute Gasteiger partial charge is 0.379 e. The molecule has 1 unspecified atom stereocenters.